The number of nitrogens with zero attached hydrogens (tertiary/aromatic N) is 1. The van der Waals surface area contributed by atoms with Gasteiger partial charge in [-0.15, -0.1) is 0 Å². The van der Waals surface area contributed by atoms with Crippen LogP contribution in [0, 0.1) is 11.8 Å². The van der Waals surface area contributed by atoms with Crippen molar-refractivity contribution >= 4 is 34.2 Å². The minimum Gasteiger partial charge on any atom is -0.366 e. The van der Waals surface area contributed by atoms with Gasteiger partial charge in [-0.2, -0.15) is 0 Å². The van der Waals surface area contributed by atoms with E-state index < -0.39 is 5.91 Å². The number of fused-ring (bicyclic) bond motifs is 1. The highest BCUT2D eigenvalue weighted by atomic mass is 35.5. The van der Waals surface area contributed by atoms with Crippen molar-refractivity contribution in [2.45, 2.75) is 47.1 Å². The SMILES string of the molecule is CC(C)CC(=O)c1c(CC(C)C)n(Cc2ccccc2Cl)c2cc(C(N)=O)ccc12. The minimum atomic E-state index is -0.483. The van der Waals surface area contributed by atoms with Gasteiger partial charge < -0.3 is 10.3 Å². The van der Waals surface area contributed by atoms with E-state index in [1.165, 1.54) is 0 Å². The largest absolute Gasteiger partial charge is 0.366 e. The molecule has 2 N–H and O–H groups in total. The zero-order chi connectivity index (χ0) is 22.0. The van der Waals surface area contributed by atoms with Gasteiger partial charge in [0.2, 0.25) is 5.91 Å². The molecule has 0 aliphatic heterocycles. The maximum Gasteiger partial charge on any atom is 0.248 e. The molecule has 0 fully saturated rings. The lowest BCUT2D eigenvalue weighted by atomic mass is 9.95. The summed E-state index contributed by atoms with van der Waals surface area (Å²) in [5, 5.41) is 1.55. The van der Waals surface area contributed by atoms with Gasteiger partial charge in [0.15, 0.2) is 5.78 Å². The Balaban J connectivity index is 2.31. The van der Waals surface area contributed by atoms with E-state index in [0.717, 1.165) is 34.1 Å². The Morgan fingerprint density at radius 3 is 2.33 bits per heavy atom. The predicted molar refractivity (Wildman–Crippen MR) is 123 cm³/mol. The number of amides is 1. The number of carbonyl (C=O) groups excluding carboxylic acids is 2. The molecule has 3 aromatic rings. The quantitative estimate of drug-likeness (QED) is 0.459. The maximum absolute atomic E-state index is 13.3. The van der Waals surface area contributed by atoms with E-state index in [4.69, 9.17) is 17.3 Å². The Morgan fingerprint density at radius 1 is 1.03 bits per heavy atom. The summed E-state index contributed by atoms with van der Waals surface area (Å²) < 4.78 is 2.14. The molecule has 0 atom stereocenters. The van der Waals surface area contributed by atoms with Crippen molar-refractivity contribution in [2.75, 3.05) is 0 Å². The number of halogens is 1. The summed E-state index contributed by atoms with van der Waals surface area (Å²) in [6.07, 6.45) is 1.23. The molecule has 4 nitrogen and oxygen atoms in total. The molecule has 3 rings (SSSR count). The zero-order valence-electron chi connectivity index (χ0n) is 18.0. The molecule has 2 aromatic carbocycles. The van der Waals surface area contributed by atoms with Crippen LogP contribution in [0.1, 0.15) is 66.1 Å². The van der Waals surface area contributed by atoms with E-state index in [-0.39, 0.29) is 11.7 Å². The standard InChI is InChI=1S/C25H29ClN2O2/c1-15(2)11-22-24(23(29)12-16(3)4)19-10-9-17(25(27)30)13-21(19)28(22)14-18-7-5-6-8-20(18)26/h5-10,13,15-16H,11-12,14H2,1-4H3,(H2,27,30). The van der Waals surface area contributed by atoms with Crippen LogP contribution in [0.3, 0.4) is 0 Å². The number of ketones is 1. The van der Waals surface area contributed by atoms with Crippen LogP contribution in [0.4, 0.5) is 0 Å². The number of hydrogen-bond acceptors (Lipinski definition) is 2. The number of hydrogen-bond donors (Lipinski definition) is 1. The lowest BCUT2D eigenvalue weighted by Gasteiger charge is -2.15. The second-order valence-electron chi connectivity index (χ2n) is 8.71. The first-order valence-electron chi connectivity index (χ1n) is 10.4. The predicted octanol–water partition coefficient (Wildman–Crippen LogP) is 5.87. The highest BCUT2D eigenvalue weighted by Crippen LogP contribution is 2.32. The molecule has 5 heteroatoms. The lowest BCUT2D eigenvalue weighted by molar-refractivity contribution is 0.0966. The van der Waals surface area contributed by atoms with Crippen LogP contribution in [0.25, 0.3) is 10.9 Å². The monoisotopic (exact) mass is 424 g/mol. The molecule has 0 saturated carbocycles. The number of aromatic nitrogens is 1. The van der Waals surface area contributed by atoms with E-state index >= 15 is 0 Å². The van der Waals surface area contributed by atoms with Crippen LogP contribution < -0.4 is 5.73 Å². The van der Waals surface area contributed by atoms with Gasteiger partial charge in [0.1, 0.15) is 0 Å². The van der Waals surface area contributed by atoms with Crippen molar-refractivity contribution in [3.8, 4) is 0 Å². The Labute approximate surface area is 183 Å². The van der Waals surface area contributed by atoms with Gasteiger partial charge in [-0.3, -0.25) is 9.59 Å². The van der Waals surface area contributed by atoms with Crippen LogP contribution in [0.15, 0.2) is 42.5 Å². The van der Waals surface area contributed by atoms with Crippen LogP contribution >= 0.6 is 11.6 Å². The fourth-order valence-electron chi connectivity index (χ4n) is 3.92. The summed E-state index contributed by atoms with van der Waals surface area (Å²) in [6.45, 7) is 8.91. The van der Waals surface area contributed by atoms with Gasteiger partial charge in [0.25, 0.3) is 0 Å². The van der Waals surface area contributed by atoms with Gasteiger partial charge in [-0.25, -0.2) is 0 Å². The van der Waals surface area contributed by atoms with Crippen LogP contribution in [-0.2, 0) is 13.0 Å². The van der Waals surface area contributed by atoms with Gasteiger partial charge >= 0.3 is 0 Å². The molecule has 30 heavy (non-hydrogen) atoms. The van der Waals surface area contributed by atoms with Gasteiger partial charge in [-0.1, -0.05) is 63.6 Å². The molecule has 0 saturated heterocycles. The minimum absolute atomic E-state index is 0.135. The average molecular weight is 425 g/mol. The van der Waals surface area contributed by atoms with Gasteiger partial charge in [0.05, 0.1) is 5.52 Å². The number of rotatable bonds is 8. The fraction of sp³-hybridized carbons (Fsp3) is 0.360. The Kier molecular flexibility index (Phi) is 6.67. The average Bonchev–Trinajstić information content (AvgIpc) is 2.95. The molecule has 1 aromatic heterocycles. The molecular formula is C25H29ClN2O2. The molecule has 158 valence electrons. The van der Waals surface area contributed by atoms with Crippen LogP contribution in [0.2, 0.25) is 5.02 Å². The van der Waals surface area contributed by atoms with Gasteiger partial charge in [0, 0.05) is 40.2 Å². The third-order valence-electron chi connectivity index (χ3n) is 5.22. The molecule has 1 heterocycles. The van der Waals surface area contributed by atoms with Crippen molar-refractivity contribution in [3.05, 3.63) is 69.9 Å². The Morgan fingerprint density at radius 2 is 1.73 bits per heavy atom. The first-order valence-corrected chi connectivity index (χ1v) is 10.8. The van der Waals surface area contributed by atoms with E-state index in [0.29, 0.717) is 29.5 Å². The molecule has 0 radical (unpaired) electrons. The molecule has 0 unspecified atom stereocenters. The molecule has 1 amide bonds. The van der Waals surface area contributed by atoms with Crippen molar-refractivity contribution < 1.29 is 9.59 Å². The number of benzene rings is 2. The first kappa shape index (κ1) is 22.1. The number of Topliss-reactive ketones (excluding diaryl/α,β-unsaturated/α-hetero) is 1. The first-order chi connectivity index (χ1) is 14.2. The van der Waals surface area contributed by atoms with Crippen molar-refractivity contribution in [1.82, 2.24) is 4.57 Å². The van der Waals surface area contributed by atoms with Gasteiger partial charge in [-0.05, 0) is 42.0 Å². The number of carbonyl (C=O) groups is 2. The summed E-state index contributed by atoms with van der Waals surface area (Å²) >= 11 is 6.45. The summed E-state index contributed by atoms with van der Waals surface area (Å²) in [5.74, 6) is 0.273. The van der Waals surface area contributed by atoms with Crippen molar-refractivity contribution in [3.63, 3.8) is 0 Å². The summed E-state index contributed by atoms with van der Waals surface area (Å²) in [7, 11) is 0. The lowest BCUT2D eigenvalue weighted by Crippen LogP contribution is -2.13. The Hall–Kier alpha value is -2.59. The van der Waals surface area contributed by atoms with Crippen molar-refractivity contribution in [2.24, 2.45) is 17.6 Å². The third kappa shape index (κ3) is 4.59. The second kappa shape index (κ2) is 9.05. The number of primary amides is 1. The normalized spacial score (nSPS) is 11.6. The van der Waals surface area contributed by atoms with E-state index in [1.807, 2.05) is 44.2 Å². The maximum atomic E-state index is 13.3. The van der Waals surface area contributed by atoms with E-state index in [9.17, 15) is 9.59 Å². The molecule has 0 aliphatic rings. The smallest absolute Gasteiger partial charge is 0.248 e. The molecule has 0 aliphatic carbocycles. The molecular weight excluding hydrogens is 396 g/mol. The highest BCUT2D eigenvalue weighted by Gasteiger charge is 2.24. The summed E-state index contributed by atoms with van der Waals surface area (Å²) in [6, 6.07) is 13.1. The third-order valence-corrected chi connectivity index (χ3v) is 5.59. The van der Waals surface area contributed by atoms with Crippen LogP contribution in [0.5, 0.6) is 0 Å². The topological polar surface area (TPSA) is 65.1 Å². The fourth-order valence-corrected chi connectivity index (χ4v) is 4.11. The molecule has 0 spiro atoms. The second-order valence-corrected chi connectivity index (χ2v) is 9.12. The summed E-state index contributed by atoms with van der Waals surface area (Å²) in [4.78, 5) is 25.1. The Bertz CT molecular complexity index is 1100. The highest BCUT2D eigenvalue weighted by molar-refractivity contribution is 6.31. The van der Waals surface area contributed by atoms with Crippen LogP contribution in [-0.4, -0.2) is 16.3 Å². The summed E-state index contributed by atoms with van der Waals surface area (Å²) in [5.41, 5.74) is 9.54. The van der Waals surface area contributed by atoms with E-state index in [2.05, 4.69) is 18.4 Å². The number of nitrogens with two attached hydrogens (primary N) is 1. The zero-order valence-corrected chi connectivity index (χ0v) is 18.8. The van der Waals surface area contributed by atoms with E-state index in [1.54, 1.807) is 12.1 Å². The molecule has 0 bridgehead atoms. The van der Waals surface area contributed by atoms with Crippen molar-refractivity contribution in [1.29, 1.82) is 0 Å².